The van der Waals surface area contributed by atoms with Crippen molar-refractivity contribution in [3.05, 3.63) is 84.1 Å². The number of amides is 1. The molecule has 3 aromatic rings. The molecule has 7 nitrogen and oxygen atoms in total. The third-order valence-corrected chi connectivity index (χ3v) is 8.98. The average molecular weight is 504 g/mol. The van der Waals surface area contributed by atoms with Crippen LogP contribution in [0.1, 0.15) is 31.4 Å². The van der Waals surface area contributed by atoms with Gasteiger partial charge in [-0.1, -0.05) is 85.4 Å². The van der Waals surface area contributed by atoms with E-state index in [1.807, 2.05) is 74.3 Å². The molecule has 36 heavy (non-hydrogen) atoms. The van der Waals surface area contributed by atoms with Crippen molar-refractivity contribution in [3.63, 3.8) is 0 Å². The number of benzene rings is 2. The van der Waals surface area contributed by atoms with E-state index in [9.17, 15) is 13.2 Å². The van der Waals surface area contributed by atoms with Crippen LogP contribution < -0.4 is 0 Å². The lowest BCUT2D eigenvalue weighted by molar-refractivity contribution is -0.143. The molecule has 0 bridgehead atoms. The molecule has 1 aliphatic rings. The fourth-order valence-electron chi connectivity index (χ4n) is 4.87. The van der Waals surface area contributed by atoms with Crippen LogP contribution in [0.3, 0.4) is 0 Å². The molecule has 1 amide bonds. The Morgan fingerprint density at radius 2 is 1.42 bits per heavy atom. The number of hydrogen-bond donors (Lipinski definition) is 0. The van der Waals surface area contributed by atoms with E-state index in [0.717, 1.165) is 30.6 Å². The number of carbonyl (C=O) groups is 1. The van der Waals surface area contributed by atoms with E-state index in [1.165, 1.54) is 10.7 Å². The fourth-order valence-corrected chi connectivity index (χ4v) is 6.60. The van der Waals surface area contributed by atoms with Crippen LogP contribution in [0.4, 0.5) is 0 Å². The van der Waals surface area contributed by atoms with Crippen molar-refractivity contribution >= 4 is 29.6 Å². The Hall–Kier alpha value is -2.84. The zero-order chi connectivity index (χ0) is 25.9. The molecule has 2 heterocycles. The third kappa shape index (κ3) is 5.44. The molecule has 1 saturated heterocycles. The Morgan fingerprint density at radius 3 is 1.86 bits per heavy atom. The zero-order valence-corrected chi connectivity index (χ0v) is 22.4. The summed E-state index contributed by atoms with van der Waals surface area (Å²) >= 11 is 0. The number of hydrogen-bond acceptors (Lipinski definition) is 4. The third-order valence-electron chi connectivity index (χ3n) is 6.96. The molecule has 0 spiro atoms. The number of rotatable bonds is 10. The minimum absolute atomic E-state index is 0.0354. The van der Waals surface area contributed by atoms with E-state index in [0.29, 0.717) is 12.6 Å². The van der Waals surface area contributed by atoms with Gasteiger partial charge in [-0.3, -0.25) is 13.6 Å². The Bertz CT molecular complexity index is 1230. The summed E-state index contributed by atoms with van der Waals surface area (Å²) in [5.41, 5.74) is 1.18. The van der Waals surface area contributed by atoms with Crippen molar-refractivity contribution in [1.29, 1.82) is 0 Å². The molecule has 4 rings (SSSR count). The molecule has 0 atom stereocenters. The second kappa shape index (κ2) is 10.6. The van der Waals surface area contributed by atoms with Gasteiger partial charge in [0.15, 0.2) is 5.03 Å². The standard InChI is InChI=1S/C26H34B2N4O3S/c1-26(2,25(33)30-17-11-18-30)31-19-16-24(29-31)36(34,35)32(27(3)20-22-12-7-5-8-13-22)28(4)21-23-14-9-6-10-15-23/h5-10,12-16,19H,11,17-18,20-21H2,1-4H3. The summed E-state index contributed by atoms with van der Waals surface area (Å²) in [6.45, 7) is 8.33. The van der Waals surface area contributed by atoms with Gasteiger partial charge in [0.2, 0.25) is 29.6 Å². The highest BCUT2D eigenvalue weighted by molar-refractivity contribution is 7.91. The van der Waals surface area contributed by atoms with Crippen LogP contribution in [-0.2, 0) is 33.0 Å². The van der Waals surface area contributed by atoms with Crippen LogP contribution in [0.5, 0.6) is 0 Å². The molecular weight excluding hydrogens is 470 g/mol. The van der Waals surface area contributed by atoms with Gasteiger partial charge in [0.1, 0.15) is 5.54 Å². The minimum atomic E-state index is -3.94. The predicted molar refractivity (Wildman–Crippen MR) is 145 cm³/mol. The van der Waals surface area contributed by atoms with Crippen molar-refractivity contribution in [2.75, 3.05) is 13.1 Å². The highest BCUT2D eigenvalue weighted by atomic mass is 32.2. The SMILES string of the molecule is CB(Cc1ccccc1)N(B(C)Cc1ccccc1)S(=O)(=O)c1ccn(C(C)(C)C(=O)N2CCC2)n1. The first-order chi connectivity index (χ1) is 17.1. The molecule has 1 aliphatic heterocycles. The van der Waals surface area contributed by atoms with Gasteiger partial charge in [-0.05, 0) is 39.0 Å². The summed E-state index contributed by atoms with van der Waals surface area (Å²) < 4.78 is 31.2. The Kier molecular flexibility index (Phi) is 7.76. The van der Waals surface area contributed by atoms with Crippen molar-refractivity contribution in [1.82, 2.24) is 18.8 Å². The maximum absolute atomic E-state index is 14.1. The highest BCUT2D eigenvalue weighted by Gasteiger charge is 2.40. The van der Waals surface area contributed by atoms with Crippen LogP contribution in [0.2, 0.25) is 13.6 Å². The number of carbonyl (C=O) groups excluding carboxylic acids is 1. The zero-order valence-electron chi connectivity index (χ0n) is 21.5. The molecule has 0 unspecified atom stereocenters. The van der Waals surface area contributed by atoms with E-state index in [-0.39, 0.29) is 24.6 Å². The second-order valence-corrected chi connectivity index (χ2v) is 12.0. The van der Waals surface area contributed by atoms with Crippen LogP contribution in [0.25, 0.3) is 0 Å². The predicted octanol–water partition coefficient (Wildman–Crippen LogP) is 3.65. The van der Waals surface area contributed by atoms with Gasteiger partial charge in [0.05, 0.1) is 0 Å². The molecule has 1 fully saturated rings. The van der Waals surface area contributed by atoms with Crippen molar-refractivity contribution in [3.8, 4) is 0 Å². The number of likely N-dealkylation sites (tertiary alicyclic amines) is 1. The topological polar surface area (TPSA) is 75.5 Å². The molecule has 10 heteroatoms. The van der Waals surface area contributed by atoms with Crippen molar-refractivity contribution in [2.45, 2.75) is 57.1 Å². The first kappa shape index (κ1) is 26.2. The molecule has 188 valence electrons. The molecule has 0 aliphatic carbocycles. The van der Waals surface area contributed by atoms with Gasteiger partial charge in [0.25, 0.3) is 0 Å². The molecule has 0 saturated carbocycles. The van der Waals surface area contributed by atoms with Crippen LogP contribution >= 0.6 is 0 Å². The fraction of sp³-hybridized carbons (Fsp3) is 0.385. The van der Waals surface area contributed by atoms with Crippen LogP contribution in [-0.4, -0.2) is 59.9 Å². The first-order valence-electron chi connectivity index (χ1n) is 12.6. The van der Waals surface area contributed by atoms with Gasteiger partial charge in [-0.2, -0.15) is 5.10 Å². The minimum Gasteiger partial charge on any atom is -0.340 e. The molecule has 0 N–H and O–H groups in total. The normalized spacial score (nSPS) is 14.0. The van der Waals surface area contributed by atoms with Gasteiger partial charge >= 0.3 is 0 Å². The van der Waals surface area contributed by atoms with Crippen LogP contribution in [0.15, 0.2) is 78.0 Å². The summed E-state index contributed by atoms with van der Waals surface area (Å²) in [6, 6.07) is 21.3. The lowest BCUT2D eigenvalue weighted by atomic mass is 9.48. The highest BCUT2D eigenvalue weighted by Crippen LogP contribution is 2.25. The Balaban J connectivity index is 1.65. The van der Waals surface area contributed by atoms with Gasteiger partial charge in [-0.25, -0.2) is 8.42 Å². The Morgan fingerprint density at radius 1 is 0.917 bits per heavy atom. The number of nitrogens with zero attached hydrogens (tertiary/aromatic N) is 4. The molecular formula is C26H34B2N4O3S. The average Bonchev–Trinajstić information content (AvgIpc) is 3.31. The van der Waals surface area contributed by atoms with Gasteiger partial charge in [-0.15, -0.1) is 0 Å². The molecule has 1 aromatic heterocycles. The van der Waals surface area contributed by atoms with Crippen molar-refractivity contribution in [2.24, 2.45) is 0 Å². The smallest absolute Gasteiger partial charge is 0.249 e. The monoisotopic (exact) mass is 504 g/mol. The second-order valence-electron chi connectivity index (χ2n) is 10.2. The van der Waals surface area contributed by atoms with E-state index < -0.39 is 15.6 Å². The largest absolute Gasteiger partial charge is 0.340 e. The summed E-state index contributed by atoms with van der Waals surface area (Å²) in [7, 11) is -3.94. The maximum Gasteiger partial charge on any atom is 0.249 e. The maximum atomic E-state index is 14.1. The lowest BCUT2D eigenvalue weighted by Gasteiger charge is -2.37. The van der Waals surface area contributed by atoms with E-state index in [4.69, 9.17) is 0 Å². The van der Waals surface area contributed by atoms with E-state index in [2.05, 4.69) is 5.10 Å². The first-order valence-corrected chi connectivity index (χ1v) is 14.0. The Labute approximate surface area is 215 Å². The van der Waals surface area contributed by atoms with E-state index >= 15 is 0 Å². The summed E-state index contributed by atoms with van der Waals surface area (Å²) in [5.74, 6) is -0.0486. The van der Waals surface area contributed by atoms with Crippen LogP contribution in [0, 0.1) is 0 Å². The quantitative estimate of drug-likeness (QED) is 0.396. The number of sulfonamides is 1. The van der Waals surface area contributed by atoms with Gasteiger partial charge < -0.3 is 4.90 Å². The van der Waals surface area contributed by atoms with E-state index in [1.54, 1.807) is 29.1 Å². The van der Waals surface area contributed by atoms with Crippen molar-refractivity contribution < 1.29 is 13.2 Å². The molecule has 0 radical (unpaired) electrons. The number of aromatic nitrogens is 2. The molecule has 2 aromatic carbocycles. The summed E-state index contributed by atoms with van der Waals surface area (Å²) in [5, 5.41) is 4.42. The lowest BCUT2D eigenvalue weighted by Crippen LogP contribution is -2.53. The summed E-state index contributed by atoms with van der Waals surface area (Å²) in [4.78, 5) is 14.8. The summed E-state index contributed by atoms with van der Waals surface area (Å²) in [6.07, 6.45) is 3.76. The van der Waals surface area contributed by atoms with Gasteiger partial charge in [0, 0.05) is 19.3 Å².